The molecule has 3 heteroatoms. The molecule has 0 aliphatic heterocycles. The van der Waals surface area contributed by atoms with E-state index in [1.807, 2.05) is 18.2 Å². The minimum absolute atomic E-state index is 0. The van der Waals surface area contributed by atoms with Crippen molar-refractivity contribution in [1.82, 2.24) is 0 Å². The largest absolute Gasteiger partial charge is 0.481 e. The van der Waals surface area contributed by atoms with E-state index in [9.17, 15) is 4.79 Å². The number of hydrogen-bond donors (Lipinski definition) is 1. The molecule has 68 valence electrons. The van der Waals surface area contributed by atoms with E-state index in [-0.39, 0.29) is 18.8 Å². The Morgan fingerprint density at radius 3 is 2.92 bits per heavy atom. The van der Waals surface area contributed by atoms with Crippen molar-refractivity contribution < 1.29 is 9.90 Å². The van der Waals surface area contributed by atoms with E-state index >= 15 is 0 Å². The summed E-state index contributed by atoms with van der Waals surface area (Å²) in [5.41, 5.74) is 0.940. The van der Waals surface area contributed by atoms with Gasteiger partial charge in [0.15, 0.2) is 0 Å². The van der Waals surface area contributed by atoms with Crippen molar-refractivity contribution in [3.8, 4) is 0 Å². The minimum Gasteiger partial charge on any atom is -0.481 e. The fourth-order valence-corrected chi connectivity index (χ4v) is 1.13. The van der Waals surface area contributed by atoms with Gasteiger partial charge in [0.1, 0.15) is 0 Å². The number of carbonyl (C=O) groups is 1. The number of hydrogen-bond acceptors (Lipinski definition) is 1. The summed E-state index contributed by atoms with van der Waals surface area (Å²) < 4.78 is 0. The molecule has 1 rings (SSSR count). The van der Waals surface area contributed by atoms with Crippen molar-refractivity contribution in [2.45, 2.75) is 25.7 Å². The molecule has 0 saturated heterocycles. The summed E-state index contributed by atoms with van der Waals surface area (Å²) >= 11 is 0. The zero-order chi connectivity index (χ0) is 8.10. The molecule has 0 saturated carbocycles. The van der Waals surface area contributed by atoms with Crippen LogP contribution in [0, 0.1) is 0 Å². The van der Waals surface area contributed by atoms with E-state index in [1.54, 1.807) is 0 Å². The van der Waals surface area contributed by atoms with Crippen LogP contribution >= 0.6 is 12.4 Å². The monoisotopic (exact) mass is 188 g/mol. The molecule has 0 atom stereocenters. The van der Waals surface area contributed by atoms with Crippen molar-refractivity contribution in [1.29, 1.82) is 0 Å². The van der Waals surface area contributed by atoms with Crippen molar-refractivity contribution >= 4 is 18.4 Å². The fraction of sp³-hybridized carbons (Fsp3) is 0.444. The zero-order valence-electron chi connectivity index (χ0n) is 6.82. The van der Waals surface area contributed by atoms with E-state index in [4.69, 9.17) is 5.11 Å². The lowest BCUT2D eigenvalue weighted by molar-refractivity contribution is -0.136. The summed E-state index contributed by atoms with van der Waals surface area (Å²) in [6, 6.07) is 0. The maximum atomic E-state index is 10.3. The van der Waals surface area contributed by atoms with Crippen molar-refractivity contribution in [3.05, 3.63) is 23.8 Å². The molecule has 1 aliphatic carbocycles. The molecule has 12 heavy (non-hydrogen) atoms. The predicted molar refractivity (Wildman–Crippen MR) is 50.6 cm³/mol. The fourth-order valence-electron chi connectivity index (χ4n) is 1.13. The van der Waals surface area contributed by atoms with E-state index in [2.05, 4.69) is 0 Å². The smallest absolute Gasteiger partial charge is 0.307 e. The molecule has 1 aliphatic rings. The van der Waals surface area contributed by atoms with Gasteiger partial charge >= 0.3 is 5.97 Å². The summed E-state index contributed by atoms with van der Waals surface area (Å²) in [7, 11) is 0. The maximum absolute atomic E-state index is 10.3. The molecule has 0 spiro atoms. The van der Waals surface area contributed by atoms with Gasteiger partial charge < -0.3 is 5.11 Å². The molecule has 1 N–H and O–H groups in total. The second-order valence-corrected chi connectivity index (χ2v) is 2.68. The van der Waals surface area contributed by atoms with Crippen LogP contribution < -0.4 is 0 Å². The summed E-state index contributed by atoms with van der Waals surface area (Å²) in [6.07, 6.45) is 9.35. The highest BCUT2D eigenvalue weighted by Gasteiger charge is 2.01. The molecule has 0 heterocycles. The van der Waals surface area contributed by atoms with Crippen LogP contribution in [0.1, 0.15) is 25.7 Å². The Balaban J connectivity index is 0.00000121. The normalized spacial score (nSPS) is 15.8. The molecule has 0 bridgehead atoms. The molecule has 0 amide bonds. The van der Waals surface area contributed by atoms with Gasteiger partial charge in [0, 0.05) is 0 Å². The van der Waals surface area contributed by atoms with Gasteiger partial charge in [0.05, 0.1) is 6.42 Å². The molecular formula is C9H13ClO2. The van der Waals surface area contributed by atoms with Crippen LogP contribution in [0.3, 0.4) is 0 Å². The van der Waals surface area contributed by atoms with Gasteiger partial charge in [-0.25, -0.2) is 0 Å². The average Bonchev–Trinajstić information content (AvgIpc) is 2.14. The van der Waals surface area contributed by atoms with Crippen LogP contribution in [-0.4, -0.2) is 11.1 Å². The van der Waals surface area contributed by atoms with E-state index in [1.165, 1.54) is 0 Å². The van der Waals surface area contributed by atoms with Gasteiger partial charge in [-0.2, -0.15) is 0 Å². The average molecular weight is 189 g/mol. The minimum atomic E-state index is -0.747. The van der Waals surface area contributed by atoms with Crippen LogP contribution in [-0.2, 0) is 4.79 Å². The molecule has 0 unspecified atom stereocenters. The first-order valence-electron chi connectivity index (χ1n) is 3.86. The van der Waals surface area contributed by atoms with E-state index in [0.29, 0.717) is 0 Å². The van der Waals surface area contributed by atoms with E-state index in [0.717, 1.165) is 24.8 Å². The Kier molecular flexibility index (Phi) is 5.47. The molecule has 2 nitrogen and oxygen atoms in total. The lowest BCUT2D eigenvalue weighted by Crippen LogP contribution is -1.94. The third-order valence-corrected chi connectivity index (χ3v) is 1.67. The summed E-state index contributed by atoms with van der Waals surface area (Å²) in [6.45, 7) is 0. The first kappa shape index (κ1) is 11.2. The number of halogens is 1. The third-order valence-electron chi connectivity index (χ3n) is 1.67. The highest BCUT2D eigenvalue weighted by molar-refractivity contribution is 5.85. The maximum Gasteiger partial charge on any atom is 0.307 e. The van der Waals surface area contributed by atoms with E-state index < -0.39 is 5.97 Å². The van der Waals surface area contributed by atoms with Gasteiger partial charge in [-0.3, -0.25) is 4.79 Å². The molecule has 0 fully saturated rings. The Bertz CT molecular complexity index is 207. The van der Waals surface area contributed by atoms with Crippen molar-refractivity contribution in [2.24, 2.45) is 0 Å². The third kappa shape index (κ3) is 4.19. The first-order valence-corrected chi connectivity index (χ1v) is 3.86. The molecule has 0 aromatic rings. The van der Waals surface area contributed by atoms with Crippen LogP contribution in [0.2, 0.25) is 0 Å². The summed E-state index contributed by atoms with van der Waals surface area (Å²) in [5.74, 6) is -0.747. The number of carboxylic acids is 1. The van der Waals surface area contributed by atoms with Gasteiger partial charge in [0.2, 0.25) is 0 Å². The topological polar surface area (TPSA) is 37.3 Å². The standard InChI is InChI=1S/C9H12O2.ClH/c10-9(11)7-8-5-3-1-2-4-6-8;/h3,5-6H,1-2,4,7H2,(H,10,11);1H. The molecule has 0 radical (unpaired) electrons. The van der Waals surface area contributed by atoms with Crippen LogP contribution in [0.15, 0.2) is 23.8 Å². The number of rotatable bonds is 2. The lowest BCUT2D eigenvalue weighted by atomic mass is 10.1. The van der Waals surface area contributed by atoms with Crippen LogP contribution in [0.25, 0.3) is 0 Å². The Morgan fingerprint density at radius 1 is 1.50 bits per heavy atom. The van der Waals surface area contributed by atoms with Gasteiger partial charge in [-0.1, -0.05) is 18.2 Å². The highest BCUT2D eigenvalue weighted by Crippen LogP contribution is 2.12. The Labute approximate surface area is 78.4 Å². The number of aliphatic carboxylic acids is 1. The molecular weight excluding hydrogens is 176 g/mol. The Morgan fingerprint density at radius 2 is 2.25 bits per heavy atom. The predicted octanol–water partition coefficient (Wildman–Crippen LogP) is 2.55. The Hall–Kier alpha value is -0.760. The quantitative estimate of drug-likeness (QED) is 0.723. The second kappa shape index (κ2) is 5.84. The first-order chi connectivity index (χ1) is 5.29. The number of allylic oxidation sites excluding steroid dienone is 3. The van der Waals surface area contributed by atoms with Crippen LogP contribution in [0.5, 0.6) is 0 Å². The second-order valence-electron chi connectivity index (χ2n) is 2.68. The van der Waals surface area contributed by atoms with Crippen molar-refractivity contribution in [3.63, 3.8) is 0 Å². The summed E-state index contributed by atoms with van der Waals surface area (Å²) in [4.78, 5) is 10.3. The molecule has 0 aromatic heterocycles. The highest BCUT2D eigenvalue weighted by atomic mass is 35.5. The lowest BCUT2D eigenvalue weighted by Gasteiger charge is -1.93. The SMILES string of the molecule is Cl.O=C(O)CC1=CCCCC=C1. The van der Waals surface area contributed by atoms with Gasteiger partial charge in [-0.05, 0) is 24.8 Å². The zero-order valence-corrected chi connectivity index (χ0v) is 7.64. The van der Waals surface area contributed by atoms with Crippen molar-refractivity contribution in [2.75, 3.05) is 0 Å². The summed E-state index contributed by atoms with van der Waals surface area (Å²) in [5, 5.41) is 8.48. The van der Waals surface area contributed by atoms with Gasteiger partial charge in [0.25, 0.3) is 0 Å². The van der Waals surface area contributed by atoms with Crippen LogP contribution in [0.4, 0.5) is 0 Å². The number of carboxylic acid groups (broad SMARTS) is 1. The molecule has 0 aromatic carbocycles. The van der Waals surface area contributed by atoms with Gasteiger partial charge in [-0.15, -0.1) is 12.4 Å².